The first-order valence-corrected chi connectivity index (χ1v) is 8.75. The Hall–Kier alpha value is -2.47. The van der Waals surface area contributed by atoms with Crippen molar-refractivity contribution in [3.8, 4) is 0 Å². The largest absolute Gasteiger partial charge is 1.00 e. The summed E-state index contributed by atoms with van der Waals surface area (Å²) in [5, 5.41) is 3.81. The van der Waals surface area contributed by atoms with E-state index in [0.717, 1.165) is 11.4 Å². The van der Waals surface area contributed by atoms with E-state index in [-0.39, 0.29) is 24.0 Å². The molecule has 1 aromatic heterocycles. The van der Waals surface area contributed by atoms with Crippen molar-refractivity contribution in [2.75, 3.05) is 19.0 Å². The van der Waals surface area contributed by atoms with Gasteiger partial charge in [0.05, 0.1) is 17.3 Å². The normalized spacial score (nSPS) is 11.1. The van der Waals surface area contributed by atoms with Gasteiger partial charge in [0.1, 0.15) is 7.05 Å². The second kappa shape index (κ2) is 8.05. The minimum atomic E-state index is 0. The molecule has 0 bridgehead atoms. The summed E-state index contributed by atoms with van der Waals surface area (Å²) in [6.07, 6.45) is 1.93. The zero-order valence-electron chi connectivity index (χ0n) is 15.7. The van der Waals surface area contributed by atoms with Crippen molar-refractivity contribution >= 4 is 39.3 Å². The summed E-state index contributed by atoms with van der Waals surface area (Å²) in [4.78, 5) is 6.73. The van der Waals surface area contributed by atoms with Crippen LogP contribution in [0.3, 0.4) is 0 Å². The van der Waals surface area contributed by atoms with E-state index in [1.807, 2.05) is 32.4 Å². The SMILES string of the molecule is CN(C)c1ccc(N=Cc2ccc3c4ccccc4ccc3[n+]2C)cc1.[I-]. The van der Waals surface area contributed by atoms with Crippen molar-refractivity contribution in [2.24, 2.45) is 12.0 Å². The van der Waals surface area contributed by atoms with Crippen LogP contribution in [0.4, 0.5) is 11.4 Å². The summed E-state index contributed by atoms with van der Waals surface area (Å²) >= 11 is 0. The van der Waals surface area contributed by atoms with Crippen LogP contribution in [0.15, 0.2) is 77.8 Å². The molecule has 4 heteroatoms. The lowest BCUT2D eigenvalue weighted by molar-refractivity contribution is -0.645. The zero-order valence-corrected chi connectivity index (χ0v) is 17.9. The number of pyridine rings is 1. The zero-order chi connectivity index (χ0) is 18.1. The minimum absolute atomic E-state index is 0. The molecular formula is C23H22IN3. The topological polar surface area (TPSA) is 19.5 Å². The number of benzene rings is 3. The summed E-state index contributed by atoms with van der Waals surface area (Å²) in [6, 6.07) is 25.4. The lowest BCUT2D eigenvalue weighted by atomic mass is 10.0. The van der Waals surface area contributed by atoms with E-state index in [0.29, 0.717) is 0 Å². The third-order valence-electron chi connectivity index (χ3n) is 4.83. The second-order valence-electron chi connectivity index (χ2n) is 6.71. The van der Waals surface area contributed by atoms with Crippen molar-refractivity contribution in [3.63, 3.8) is 0 Å². The van der Waals surface area contributed by atoms with Crippen molar-refractivity contribution in [1.29, 1.82) is 0 Å². The standard InChI is InChI=1S/C23H22N3.HI/c1-25(2)19-11-9-18(10-12-19)24-16-20-13-14-22-21-7-5-4-6-17(21)8-15-23(22)26(20)3;/h4-16H,1-3H3;1H/q+1;/p-1. The van der Waals surface area contributed by atoms with Gasteiger partial charge in [-0.2, -0.15) is 4.57 Å². The number of halogens is 1. The number of aliphatic imine (C=N–C) groups is 1. The average molecular weight is 467 g/mol. The molecule has 0 atom stereocenters. The number of nitrogens with zero attached hydrogens (tertiary/aromatic N) is 3. The number of rotatable bonds is 3. The molecule has 0 spiro atoms. The van der Waals surface area contributed by atoms with E-state index in [4.69, 9.17) is 0 Å². The molecule has 0 aliphatic carbocycles. The predicted molar refractivity (Wildman–Crippen MR) is 111 cm³/mol. The third-order valence-corrected chi connectivity index (χ3v) is 4.83. The summed E-state index contributed by atoms with van der Waals surface area (Å²) in [6.45, 7) is 0. The van der Waals surface area contributed by atoms with Crippen LogP contribution in [-0.2, 0) is 7.05 Å². The quantitative estimate of drug-likeness (QED) is 0.194. The van der Waals surface area contributed by atoms with Crippen molar-refractivity contribution in [1.82, 2.24) is 0 Å². The van der Waals surface area contributed by atoms with E-state index < -0.39 is 0 Å². The van der Waals surface area contributed by atoms with Crippen molar-refractivity contribution in [2.45, 2.75) is 0 Å². The number of aryl methyl sites for hydroxylation is 1. The van der Waals surface area contributed by atoms with Gasteiger partial charge in [-0.15, -0.1) is 0 Å². The van der Waals surface area contributed by atoms with Gasteiger partial charge in [0, 0.05) is 31.9 Å². The van der Waals surface area contributed by atoms with Crippen LogP contribution in [0.1, 0.15) is 5.69 Å². The molecule has 1 heterocycles. The number of hydrogen-bond donors (Lipinski definition) is 0. The van der Waals surface area contributed by atoms with Gasteiger partial charge < -0.3 is 28.9 Å². The second-order valence-corrected chi connectivity index (χ2v) is 6.71. The highest BCUT2D eigenvalue weighted by atomic mass is 127. The molecule has 0 unspecified atom stereocenters. The summed E-state index contributed by atoms with van der Waals surface area (Å²) in [5.74, 6) is 0. The maximum Gasteiger partial charge on any atom is 0.223 e. The molecule has 4 aromatic rings. The molecule has 0 aliphatic rings. The van der Waals surface area contributed by atoms with Gasteiger partial charge in [0.25, 0.3) is 0 Å². The number of aromatic nitrogens is 1. The van der Waals surface area contributed by atoms with Crippen LogP contribution < -0.4 is 33.4 Å². The van der Waals surface area contributed by atoms with Crippen LogP contribution in [0, 0.1) is 0 Å². The van der Waals surface area contributed by atoms with Gasteiger partial charge in [-0.25, -0.2) is 4.99 Å². The smallest absolute Gasteiger partial charge is 0.223 e. The number of anilines is 1. The average Bonchev–Trinajstić information content (AvgIpc) is 2.67. The lowest BCUT2D eigenvalue weighted by Crippen LogP contribution is -3.00. The van der Waals surface area contributed by atoms with Gasteiger partial charge in [0.2, 0.25) is 11.2 Å². The van der Waals surface area contributed by atoms with Gasteiger partial charge in [0.15, 0.2) is 0 Å². The summed E-state index contributed by atoms with van der Waals surface area (Å²) < 4.78 is 2.19. The van der Waals surface area contributed by atoms with Crippen LogP contribution >= 0.6 is 0 Å². The van der Waals surface area contributed by atoms with Crippen LogP contribution in [-0.4, -0.2) is 20.3 Å². The van der Waals surface area contributed by atoms with E-state index in [1.54, 1.807) is 0 Å². The Labute approximate surface area is 177 Å². The van der Waals surface area contributed by atoms with Crippen LogP contribution in [0.2, 0.25) is 0 Å². The number of hydrogen-bond acceptors (Lipinski definition) is 2. The Balaban J connectivity index is 0.00000210. The lowest BCUT2D eigenvalue weighted by Gasteiger charge is -2.11. The Morgan fingerprint density at radius 3 is 2.30 bits per heavy atom. The highest BCUT2D eigenvalue weighted by Gasteiger charge is 2.12. The fourth-order valence-electron chi connectivity index (χ4n) is 3.28. The molecule has 3 nitrogen and oxygen atoms in total. The minimum Gasteiger partial charge on any atom is -1.00 e. The number of fused-ring (bicyclic) bond motifs is 3. The van der Waals surface area contributed by atoms with Crippen LogP contribution in [0.5, 0.6) is 0 Å². The third kappa shape index (κ3) is 3.81. The summed E-state index contributed by atoms with van der Waals surface area (Å²) in [7, 11) is 6.17. The molecule has 0 saturated carbocycles. The molecule has 4 rings (SSSR count). The highest BCUT2D eigenvalue weighted by molar-refractivity contribution is 6.05. The predicted octanol–water partition coefficient (Wildman–Crippen LogP) is 1.64. The van der Waals surface area contributed by atoms with Crippen molar-refractivity contribution < 1.29 is 28.5 Å². The van der Waals surface area contributed by atoms with Crippen molar-refractivity contribution in [3.05, 3.63) is 78.5 Å². The Bertz CT molecular complexity index is 1120. The Morgan fingerprint density at radius 1 is 0.815 bits per heavy atom. The van der Waals surface area contributed by atoms with Gasteiger partial charge >= 0.3 is 0 Å². The molecule has 27 heavy (non-hydrogen) atoms. The molecule has 0 N–H and O–H groups in total. The first-order valence-electron chi connectivity index (χ1n) is 8.75. The molecule has 3 aromatic carbocycles. The summed E-state index contributed by atoms with van der Waals surface area (Å²) in [5.41, 5.74) is 4.40. The molecule has 0 fully saturated rings. The van der Waals surface area contributed by atoms with Gasteiger partial charge in [-0.05, 0) is 47.2 Å². The first-order chi connectivity index (χ1) is 12.6. The Kier molecular flexibility index (Phi) is 5.75. The van der Waals surface area contributed by atoms with E-state index >= 15 is 0 Å². The fraction of sp³-hybridized carbons (Fsp3) is 0.130. The molecule has 0 aliphatic heterocycles. The fourth-order valence-corrected chi connectivity index (χ4v) is 3.28. The Morgan fingerprint density at radius 2 is 1.56 bits per heavy atom. The molecular weight excluding hydrogens is 445 g/mol. The maximum absolute atomic E-state index is 4.64. The van der Waals surface area contributed by atoms with E-state index in [1.165, 1.54) is 27.4 Å². The molecule has 136 valence electrons. The monoisotopic (exact) mass is 467 g/mol. The van der Waals surface area contributed by atoms with E-state index in [9.17, 15) is 0 Å². The van der Waals surface area contributed by atoms with Gasteiger partial charge in [-0.3, -0.25) is 0 Å². The van der Waals surface area contributed by atoms with Crippen LogP contribution in [0.25, 0.3) is 21.7 Å². The molecule has 0 saturated heterocycles. The van der Waals surface area contributed by atoms with Gasteiger partial charge in [-0.1, -0.05) is 24.3 Å². The molecule has 0 amide bonds. The highest BCUT2D eigenvalue weighted by Crippen LogP contribution is 2.23. The maximum atomic E-state index is 4.64. The molecule has 0 radical (unpaired) electrons. The van der Waals surface area contributed by atoms with E-state index in [2.05, 4.69) is 82.2 Å². The first kappa shape index (κ1) is 19.3.